The van der Waals surface area contributed by atoms with E-state index in [0.29, 0.717) is 5.92 Å². The summed E-state index contributed by atoms with van der Waals surface area (Å²) in [6.45, 7) is 5.77. The monoisotopic (exact) mass is 135 g/mol. The minimum Gasteiger partial charge on any atom is -0.262 e. The lowest BCUT2D eigenvalue weighted by Crippen LogP contribution is -2.10. The molecule has 0 heterocycles. The van der Waals surface area contributed by atoms with Crippen molar-refractivity contribution in [2.45, 2.75) is 19.8 Å². The van der Waals surface area contributed by atoms with Gasteiger partial charge in [0.15, 0.2) is 0 Å². The molecule has 1 atom stereocenters. The molecule has 1 rings (SSSR count). The smallest absolute Gasteiger partial charge is 0.0428 e. The first-order valence-electron chi connectivity index (χ1n) is 3.69. The van der Waals surface area contributed by atoms with Gasteiger partial charge in [-0.1, -0.05) is 19.6 Å². The van der Waals surface area contributed by atoms with Gasteiger partial charge >= 0.3 is 0 Å². The first kappa shape index (κ1) is 7.26. The molecule has 0 amide bonds. The average Bonchev–Trinajstić information content (AvgIpc) is 1.94. The summed E-state index contributed by atoms with van der Waals surface area (Å²) in [5.74, 6) is 0.614. The molecule has 0 saturated carbocycles. The summed E-state index contributed by atoms with van der Waals surface area (Å²) >= 11 is 0. The molecule has 0 aliphatic heterocycles. The van der Waals surface area contributed by atoms with Crippen LogP contribution in [0.5, 0.6) is 0 Å². The van der Waals surface area contributed by atoms with E-state index in [1.807, 2.05) is 0 Å². The van der Waals surface area contributed by atoms with Gasteiger partial charge in [0, 0.05) is 11.9 Å². The van der Waals surface area contributed by atoms with Crippen molar-refractivity contribution in [1.82, 2.24) is 0 Å². The van der Waals surface area contributed by atoms with Crippen molar-refractivity contribution in [3.63, 3.8) is 0 Å². The van der Waals surface area contributed by atoms with E-state index in [2.05, 4.69) is 30.6 Å². The quantitative estimate of drug-likeness (QED) is 0.524. The van der Waals surface area contributed by atoms with Gasteiger partial charge < -0.3 is 0 Å². The fraction of sp³-hybridized carbons (Fsp3) is 0.444. The molecular formula is C9H13N. The summed E-state index contributed by atoms with van der Waals surface area (Å²) in [6.07, 6.45) is 8.29. The summed E-state index contributed by atoms with van der Waals surface area (Å²) < 4.78 is 0. The van der Waals surface area contributed by atoms with Gasteiger partial charge in [-0.2, -0.15) is 0 Å². The van der Waals surface area contributed by atoms with E-state index >= 15 is 0 Å². The zero-order chi connectivity index (χ0) is 7.40. The fourth-order valence-corrected chi connectivity index (χ4v) is 1.14. The van der Waals surface area contributed by atoms with E-state index in [9.17, 15) is 0 Å². The second-order valence-electron chi connectivity index (χ2n) is 2.62. The number of rotatable bonds is 1. The topological polar surface area (TPSA) is 12.4 Å². The summed E-state index contributed by atoms with van der Waals surface area (Å²) in [7, 11) is 0. The SMILES string of the molecule is C=C/N=C1/C=CCCC1C. The maximum atomic E-state index is 4.16. The summed E-state index contributed by atoms with van der Waals surface area (Å²) in [6, 6.07) is 0. The molecule has 0 spiro atoms. The van der Waals surface area contributed by atoms with Gasteiger partial charge in [0.05, 0.1) is 0 Å². The minimum absolute atomic E-state index is 0.614. The van der Waals surface area contributed by atoms with Crippen molar-refractivity contribution in [3.8, 4) is 0 Å². The number of nitrogens with zero attached hydrogens (tertiary/aromatic N) is 1. The van der Waals surface area contributed by atoms with Crippen molar-refractivity contribution in [1.29, 1.82) is 0 Å². The Hall–Kier alpha value is -0.850. The highest BCUT2D eigenvalue weighted by Crippen LogP contribution is 2.14. The zero-order valence-electron chi connectivity index (χ0n) is 6.38. The van der Waals surface area contributed by atoms with Gasteiger partial charge in [0.2, 0.25) is 0 Å². The molecule has 1 heteroatoms. The van der Waals surface area contributed by atoms with Crippen molar-refractivity contribution in [2.75, 3.05) is 0 Å². The van der Waals surface area contributed by atoms with E-state index in [1.54, 1.807) is 6.20 Å². The van der Waals surface area contributed by atoms with Gasteiger partial charge in [-0.05, 0) is 24.8 Å². The van der Waals surface area contributed by atoms with Crippen LogP contribution in [0.25, 0.3) is 0 Å². The lowest BCUT2D eigenvalue weighted by Gasteiger charge is -2.13. The van der Waals surface area contributed by atoms with Crippen LogP contribution < -0.4 is 0 Å². The lowest BCUT2D eigenvalue weighted by atomic mass is 9.94. The van der Waals surface area contributed by atoms with Crippen LogP contribution in [0, 0.1) is 5.92 Å². The third kappa shape index (κ3) is 1.56. The first-order valence-corrected chi connectivity index (χ1v) is 3.69. The summed E-state index contributed by atoms with van der Waals surface area (Å²) in [5, 5.41) is 0. The second-order valence-corrected chi connectivity index (χ2v) is 2.62. The average molecular weight is 135 g/mol. The lowest BCUT2D eigenvalue weighted by molar-refractivity contribution is 0.684. The van der Waals surface area contributed by atoms with Crippen LogP contribution in [0.4, 0.5) is 0 Å². The third-order valence-electron chi connectivity index (χ3n) is 1.80. The highest BCUT2D eigenvalue weighted by molar-refractivity contribution is 5.97. The van der Waals surface area contributed by atoms with Crippen LogP contribution in [-0.4, -0.2) is 5.71 Å². The van der Waals surface area contributed by atoms with E-state index in [0.717, 1.165) is 0 Å². The molecule has 0 bridgehead atoms. The van der Waals surface area contributed by atoms with Gasteiger partial charge in [0.1, 0.15) is 0 Å². The van der Waals surface area contributed by atoms with Crippen LogP contribution in [0.2, 0.25) is 0 Å². The van der Waals surface area contributed by atoms with Crippen LogP contribution in [0.15, 0.2) is 29.9 Å². The molecule has 0 radical (unpaired) electrons. The molecule has 0 fully saturated rings. The largest absolute Gasteiger partial charge is 0.262 e. The van der Waals surface area contributed by atoms with Crippen molar-refractivity contribution in [3.05, 3.63) is 24.9 Å². The van der Waals surface area contributed by atoms with Crippen LogP contribution in [-0.2, 0) is 0 Å². The fourth-order valence-electron chi connectivity index (χ4n) is 1.14. The minimum atomic E-state index is 0.614. The molecule has 0 N–H and O–H groups in total. The van der Waals surface area contributed by atoms with E-state index in [-0.39, 0.29) is 0 Å². The molecule has 1 unspecified atom stereocenters. The molecule has 10 heavy (non-hydrogen) atoms. The molecule has 54 valence electrons. The van der Waals surface area contributed by atoms with Crippen molar-refractivity contribution in [2.24, 2.45) is 10.9 Å². The second kappa shape index (κ2) is 3.35. The predicted octanol–water partition coefficient (Wildman–Crippen LogP) is 2.56. The van der Waals surface area contributed by atoms with Crippen molar-refractivity contribution >= 4 is 5.71 Å². The first-order chi connectivity index (χ1) is 4.84. The van der Waals surface area contributed by atoms with E-state index in [4.69, 9.17) is 0 Å². The molecule has 1 aliphatic carbocycles. The van der Waals surface area contributed by atoms with Gasteiger partial charge in [-0.25, -0.2) is 0 Å². The van der Waals surface area contributed by atoms with Gasteiger partial charge in [0.25, 0.3) is 0 Å². The van der Waals surface area contributed by atoms with E-state index < -0.39 is 0 Å². The molecule has 1 aliphatic rings. The zero-order valence-corrected chi connectivity index (χ0v) is 6.38. The maximum absolute atomic E-state index is 4.16. The summed E-state index contributed by atoms with van der Waals surface area (Å²) in [4.78, 5) is 4.16. The number of hydrogen-bond acceptors (Lipinski definition) is 1. The highest BCUT2D eigenvalue weighted by Gasteiger charge is 2.09. The predicted molar refractivity (Wildman–Crippen MR) is 45.2 cm³/mol. The molecule has 1 nitrogen and oxygen atoms in total. The normalized spacial score (nSPS) is 28.9. The van der Waals surface area contributed by atoms with Crippen LogP contribution in [0.1, 0.15) is 19.8 Å². The number of aliphatic imine (C=N–C) groups is 1. The molecule has 0 aromatic carbocycles. The number of hydrogen-bond donors (Lipinski definition) is 0. The Morgan fingerprint density at radius 1 is 1.80 bits per heavy atom. The highest BCUT2D eigenvalue weighted by atomic mass is 14.7. The van der Waals surface area contributed by atoms with Gasteiger partial charge in [-0.15, -0.1) is 0 Å². The van der Waals surface area contributed by atoms with Crippen LogP contribution >= 0.6 is 0 Å². The standard InChI is InChI=1S/C9H13N/c1-3-10-9-7-5-4-6-8(9)2/h3,5,7-8H,1,4,6H2,2H3/b10-9-. The molecule has 0 aromatic heterocycles. The summed E-state index contributed by atoms with van der Waals surface area (Å²) in [5.41, 5.74) is 1.17. The van der Waals surface area contributed by atoms with Gasteiger partial charge in [-0.3, -0.25) is 4.99 Å². The Kier molecular flexibility index (Phi) is 2.43. The Labute approximate surface area is 62.2 Å². The molecule has 0 aromatic rings. The molecule has 0 saturated heterocycles. The maximum Gasteiger partial charge on any atom is 0.0428 e. The van der Waals surface area contributed by atoms with Crippen molar-refractivity contribution < 1.29 is 0 Å². The number of allylic oxidation sites excluding steroid dienone is 2. The van der Waals surface area contributed by atoms with E-state index in [1.165, 1.54) is 18.6 Å². The Balaban J connectivity index is 2.72. The van der Waals surface area contributed by atoms with Crippen LogP contribution in [0.3, 0.4) is 0 Å². The Morgan fingerprint density at radius 3 is 3.20 bits per heavy atom. The molecular weight excluding hydrogens is 122 g/mol. The third-order valence-corrected chi connectivity index (χ3v) is 1.80. The Morgan fingerprint density at radius 2 is 2.60 bits per heavy atom. The Bertz CT molecular complexity index is 177.